The van der Waals surface area contributed by atoms with Crippen molar-refractivity contribution >= 4 is 16.1 Å². The number of urea groups is 1. The minimum Gasteiger partial charge on any atom is -0.508 e. The van der Waals surface area contributed by atoms with Gasteiger partial charge in [-0.25, -0.2) is 22.6 Å². The van der Waals surface area contributed by atoms with Crippen molar-refractivity contribution in [3.63, 3.8) is 0 Å². The van der Waals surface area contributed by atoms with Gasteiger partial charge in [0.15, 0.2) is 0 Å². The minimum atomic E-state index is -4.02. The van der Waals surface area contributed by atoms with E-state index in [1.54, 1.807) is 0 Å². The average molecular weight is 491 g/mol. The molecule has 4 rings (SSSR count). The number of carbonyl (C=O) groups excluding carboxylic acids is 1. The van der Waals surface area contributed by atoms with E-state index in [0.29, 0.717) is 6.42 Å². The molecule has 0 saturated carbocycles. The normalized spacial score (nSPS) is 11.3. The van der Waals surface area contributed by atoms with E-state index in [0.717, 1.165) is 33.8 Å². The largest absolute Gasteiger partial charge is 0.508 e. The van der Waals surface area contributed by atoms with Gasteiger partial charge in [0.25, 0.3) is 10.0 Å². The smallest absolute Gasteiger partial charge is 0.328 e. The van der Waals surface area contributed by atoms with Gasteiger partial charge in [-0.15, -0.1) is 0 Å². The van der Waals surface area contributed by atoms with Crippen LogP contribution in [0.3, 0.4) is 0 Å². The molecule has 0 atom stereocenters. The monoisotopic (exact) mass is 490 g/mol. The summed E-state index contributed by atoms with van der Waals surface area (Å²) in [4.78, 5) is 11.9. The van der Waals surface area contributed by atoms with Gasteiger partial charge in [0.2, 0.25) is 0 Å². The van der Waals surface area contributed by atoms with Crippen LogP contribution in [0.25, 0.3) is 16.8 Å². The number of phenols is 1. The molecule has 9 heteroatoms. The van der Waals surface area contributed by atoms with E-state index in [9.17, 15) is 18.3 Å². The highest BCUT2D eigenvalue weighted by atomic mass is 32.2. The Morgan fingerprint density at radius 2 is 1.60 bits per heavy atom. The molecule has 1 aromatic heterocycles. The predicted molar refractivity (Wildman–Crippen MR) is 134 cm³/mol. The molecule has 3 N–H and O–H groups in total. The summed E-state index contributed by atoms with van der Waals surface area (Å²) in [7, 11) is -4.02. The molecular formula is C26H26N4O4S. The number of nitrogens with one attached hydrogen (secondary N) is 2. The SMILES string of the molecule is Cc1nn(-c2ccc(CCNC(=O)NS(=O)(=O)c3ccc(O)cc3)cc2)c(C)c1-c1ccccc1. The summed E-state index contributed by atoms with van der Waals surface area (Å²) < 4.78 is 28.4. The molecule has 4 aromatic rings. The first kappa shape index (κ1) is 24.0. The molecule has 35 heavy (non-hydrogen) atoms. The number of aromatic hydroxyl groups is 1. The molecule has 0 aliphatic carbocycles. The van der Waals surface area contributed by atoms with Crippen LogP contribution in [0.1, 0.15) is 17.0 Å². The summed E-state index contributed by atoms with van der Waals surface area (Å²) in [6.45, 7) is 4.30. The lowest BCUT2D eigenvalue weighted by Crippen LogP contribution is -2.40. The van der Waals surface area contributed by atoms with Gasteiger partial charge in [-0.05, 0) is 67.8 Å². The number of rotatable bonds is 7. The van der Waals surface area contributed by atoms with E-state index in [1.807, 2.05) is 65.7 Å². The second-order valence-electron chi connectivity index (χ2n) is 8.10. The Hall–Kier alpha value is -4.11. The second-order valence-corrected chi connectivity index (χ2v) is 9.78. The Kier molecular flexibility index (Phi) is 6.88. The first-order chi connectivity index (χ1) is 16.7. The molecule has 0 aliphatic rings. The molecule has 2 amide bonds. The summed E-state index contributed by atoms with van der Waals surface area (Å²) in [5, 5.41) is 16.6. The third kappa shape index (κ3) is 5.52. The van der Waals surface area contributed by atoms with E-state index in [4.69, 9.17) is 5.10 Å². The Morgan fingerprint density at radius 1 is 0.943 bits per heavy atom. The van der Waals surface area contributed by atoms with Crippen LogP contribution >= 0.6 is 0 Å². The number of carbonyl (C=O) groups is 1. The molecule has 0 spiro atoms. The Labute approximate surface area is 204 Å². The maximum absolute atomic E-state index is 12.2. The highest BCUT2D eigenvalue weighted by Crippen LogP contribution is 2.28. The number of sulfonamides is 1. The molecule has 180 valence electrons. The van der Waals surface area contributed by atoms with Crippen molar-refractivity contribution in [2.75, 3.05) is 6.54 Å². The van der Waals surface area contributed by atoms with Crippen LogP contribution in [-0.2, 0) is 16.4 Å². The lowest BCUT2D eigenvalue weighted by molar-refractivity contribution is 0.246. The number of hydrogen-bond acceptors (Lipinski definition) is 5. The van der Waals surface area contributed by atoms with E-state index < -0.39 is 16.1 Å². The molecule has 0 fully saturated rings. The van der Waals surface area contributed by atoms with Gasteiger partial charge in [0.05, 0.1) is 16.3 Å². The molecule has 0 saturated heterocycles. The van der Waals surface area contributed by atoms with Crippen molar-refractivity contribution in [1.29, 1.82) is 0 Å². The van der Waals surface area contributed by atoms with Crippen molar-refractivity contribution in [1.82, 2.24) is 19.8 Å². The van der Waals surface area contributed by atoms with Gasteiger partial charge >= 0.3 is 6.03 Å². The number of amides is 2. The third-order valence-electron chi connectivity index (χ3n) is 5.61. The lowest BCUT2D eigenvalue weighted by atomic mass is 10.0. The summed E-state index contributed by atoms with van der Waals surface area (Å²) >= 11 is 0. The van der Waals surface area contributed by atoms with Gasteiger partial charge in [-0.3, -0.25) is 0 Å². The van der Waals surface area contributed by atoms with Crippen LogP contribution in [-0.4, -0.2) is 35.9 Å². The lowest BCUT2D eigenvalue weighted by Gasteiger charge is -2.10. The van der Waals surface area contributed by atoms with Crippen molar-refractivity contribution < 1.29 is 18.3 Å². The topological polar surface area (TPSA) is 113 Å². The number of aryl methyl sites for hydroxylation is 1. The number of benzene rings is 3. The van der Waals surface area contributed by atoms with Crippen LogP contribution in [0, 0.1) is 13.8 Å². The molecule has 0 radical (unpaired) electrons. The zero-order chi connectivity index (χ0) is 25.0. The van der Waals surface area contributed by atoms with E-state index >= 15 is 0 Å². The summed E-state index contributed by atoms with van der Waals surface area (Å²) in [5.74, 6) is -0.0612. The quantitative estimate of drug-likeness (QED) is 0.361. The summed E-state index contributed by atoms with van der Waals surface area (Å²) in [6, 6.07) is 22.1. The van der Waals surface area contributed by atoms with Crippen molar-refractivity contribution in [2.45, 2.75) is 25.2 Å². The first-order valence-electron chi connectivity index (χ1n) is 11.1. The first-order valence-corrected chi connectivity index (χ1v) is 12.5. The summed E-state index contributed by atoms with van der Waals surface area (Å²) in [6.07, 6.45) is 0.527. The maximum atomic E-state index is 12.2. The van der Waals surface area contributed by atoms with Crippen LogP contribution in [0.4, 0.5) is 4.79 Å². The van der Waals surface area contributed by atoms with E-state index in [1.165, 1.54) is 24.3 Å². The van der Waals surface area contributed by atoms with Gasteiger partial charge in [-0.1, -0.05) is 42.5 Å². The van der Waals surface area contributed by atoms with E-state index in [-0.39, 0.29) is 17.2 Å². The zero-order valence-electron chi connectivity index (χ0n) is 19.4. The standard InChI is InChI=1S/C26H26N4O4S/c1-18-25(21-6-4-3-5-7-21)19(2)30(28-18)22-10-8-20(9-11-22)16-17-27-26(32)29-35(33,34)24-14-12-23(31)13-15-24/h3-15,31H,16-17H2,1-2H3,(H2,27,29,32). The maximum Gasteiger partial charge on any atom is 0.328 e. The van der Waals surface area contributed by atoms with Crippen LogP contribution in [0.15, 0.2) is 83.8 Å². The Balaban J connectivity index is 1.36. The number of phenolic OH excluding ortho intramolecular Hbond substituents is 1. The highest BCUT2D eigenvalue weighted by molar-refractivity contribution is 7.90. The number of hydrogen-bond donors (Lipinski definition) is 3. The zero-order valence-corrected chi connectivity index (χ0v) is 20.2. The average Bonchev–Trinajstić information content (AvgIpc) is 3.13. The highest BCUT2D eigenvalue weighted by Gasteiger charge is 2.17. The van der Waals surface area contributed by atoms with Crippen LogP contribution < -0.4 is 10.0 Å². The second kappa shape index (κ2) is 10.0. The molecule has 3 aromatic carbocycles. The fourth-order valence-corrected chi connectivity index (χ4v) is 4.81. The fraction of sp³-hybridized carbons (Fsp3) is 0.154. The van der Waals surface area contributed by atoms with Crippen molar-refractivity contribution in [2.24, 2.45) is 0 Å². The van der Waals surface area contributed by atoms with E-state index in [2.05, 4.69) is 17.4 Å². The molecule has 0 bridgehead atoms. The van der Waals surface area contributed by atoms with Crippen LogP contribution in [0.2, 0.25) is 0 Å². The summed E-state index contributed by atoms with van der Waals surface area (Å²) in [5.41, 5.74) is 6.17. The van der Waals surface area contributed by atoms with Gasteiger partial charge in [-0.2, -0.15) is 5.10 Å². The predicted octanol–water partition coefficient (Wildman–Crippen LogP) is 4.09. The van der Waals surface area contributed by atoms with Crippen molar-refractivity contribution in [3.05, 3.63) is 95.8 Å². The number of nitrogens with zero attached hydrogens (tertiary/aromatic N) is 2. The van der Waals surface area contributed by atoms with Gasteiger partial charge < -0.3 is 10.4 Å². The number of aromatic nitrogens is 2. The molecule has 8 nitrogen and oxygen atoms in total. The molecular weight excluding hydrogens is 464 g/mol. The Morgan fingerprint density at radius 3 is 2.26 bits per heavy atom. The third-order valence-corrected chi connectivity index (χ3v) is 6.95. The molecule has 1 heterocycles. The van der Waals surface area contributed by atoms with Crippen molar-refractivity contribution in [3.8, 4) is 22.6 Å². The Bertz CT molecular complexity index is 1430. The minimum absolute atomic E-state index is 0.0612. The molecule has 0 aliphatic heterocycles. The van der Waals surface area contributed by atoms with Gasteiger partial charge in [0, 0.05) is 17.8 Å². The van der Waals surface area contributed by atoms with Crippen LogP contribution in [0.5, 0.6) is 5.75 Å². The fourth-order valence-electron chi connectivity index (χ4n) is 3.88. The molecule has 0 unspecified atom stereocenters. The van der Waals surface area contributed by atoms with Gasteiger partial charge in [0.1, 0.15) is 5.75 Å².